The quantitative estimate of drug-likeness (QED) is 0.806. The van der Waals surface area contributed by atoms with E-state index in [1.165, 1.54) is 0 Å². The Labute approximate surface area is 127 Å². The van der Waals surface area contributed by atoms with E-state index in [9.17, 15) is 4.79 Å². The van der Waals surface area contributed by atoms with Gasteiger partial charge >= 0.3 is 0 Å². The molecule has 1 rings (SSSR count). The number of hydrogen-bond acceptors (Lipinski definition) is 3. The van der Waals surface area contributed by atoms with Crippen LogP contribution in [-0.4, -0.2) is 27.8 Å². The summed E-state index contributed by atoms with van der Waals surface area (Å²) in [6.45, 7) is 5.23. The highest BCUT2D eigenvalue weighted by atomic mass is 35.5. The third kappa shape index (κ3) is 7.40. The van der Waals surface area contributed by atoms with Gasteiger partial charge in [-0.1, -0.05) is 13.8 Å². The van der Waals surface area contributed by atoms with Crippen LogP contribution in [0.5, 0.6) is 0 Å². The third-order valence-corrected chi connectivity index (χ3v) is 3.17. The Hall–Kier alpha value is -0.780. The van der Waals surface area contributed by atoms with E-state index in [0.29, 0.717) is 19.5 Å². The molecular formula is C12H24Cl2N4O. The molecule has 112 valence electrons. The highest BCUT2D eigenvalue weighted by molar-refractivity contribution is 5.85. The summed E-state index contributed by atoms with van der Waals surface area (Å²) in [5.74, 6) is 0.0252. The minimum Gasteiger partial charge on any atom is -0.354 e. The van der Waals surface area contributed by atoms with E-state index in [1.807, 2.05) is 26.1 Å². The van der Waals surface area contributed by atoms with Crippen LogP contribution in [0, 0.1) is 0 Å². The van der Waals surface area contributed by atoms with Gasteiger partial charge in [0.25, 0.3) is 0 Å². The molecule has 0 fully saturated rings. The number of carbonyl (C=O) groups excluding carboxylic acids is 1. The van der Waals surface area contributed by atoms with Crippen LogP contribution in [0.3, 0.4) is 0 Å². The summed E-state index contributed by atoms with van der Waals surface area (Å²) in [6.07, 6.45) is 5.71. The van der Waals surface area contributed by atoms with Crippen molar-refractivity contribution in [3.8, 4) is 0 Å². The number of rotatable bonds is 7. The average Bonchev–Trinajstić information content (AvgIpc) is 2.86. The van der Waals surface area contributed by atoms with Gasteiger partial charge in [-0.05, 0) is 18.9 Å². The molecule has 0 radical (unpaired) electrons. The second kappa shape index (κ2) is 10.1. The van der Waals surface area contributed by atoms with Crippen molar-refractivity contribution in [2.45, 2.75) is 45.2 Å². The fourth-order valence-corrected chi connectivity index (χ4v) is 1.51. The van der Waals surface area contributed by atoms with Gasteiger partial charge in [-0.2, -0.15) is 5.10 Å². The van der Waals surface area contributed by atoms with Crippen LogP contribution in [0.4, 0.5) is 0 Å². The summed E-state index contributed by atoms with van der Waals surface area (Å²) in [4.78, 5) is 11.6. The van der Waals surface area contributed by atoms with Crippen molar-refractivity contribution in [2.75, 3.05) is 6.54 Å². The molecule has 3 N–H and O–H groups in total. The van der Waals surface area contributed by atoms with Gasteiger partial charge in [-0.3, -0.25) is 9.48 Å². The highest BCUT2D eigenvalue weighted by Crippen LogP contribution is 2.09. The molecule has 0 saturated heterocycles. The van der Waals surface area contributed by atoms with Crippen LogP contribution in [0.15, 0.2) is 18.5 Å². The molecule has 1 heterocycles. The number of nitrogens with two attached hydrogens (primary N) is 1. The molecule has 7 heteroatoms. The topological polar surface area (TPSA) is 72.9 Å². The number of halogens is 2. The second-order valence-electron chi connectivity index (χ2n) is 4.37. The predicted molar refractivity (Wildman–Crippen MR) is 81.9 cm³/mol. The molecule has 0 unspecified atom stereocenters. The minimum absolute atomic E-state index is 0. The maximum Gasteiger partial charge on any atom is 0.221 e. The highest BCUT2D eigenvalue weighted by Gasteiger charge is 2.20. The number of nitrogens with zero attached hydrogens (tertiary/aromatic N) is 2. The van der Waals surface area contributed by atoms with Gasteiger partial charge in [-0.15, -0.1) is 24.8 Å². The molecule has 0 bridgehead atoms. The Morgan fingerprint density at radius 2 is 2.00 bits per heavy atom. The Bertz CT molecular complexity index is 340. The molecule has 0 atom stereocenters. The van der Waals surface area contributed by atoms with Crippen molar-refractivity contribution in [1.29, 1.82) is 0 Å². The third-order valence-electron chi connectivity index (χ3n) is 3.17. The van der Waals surface area contributed by atoms with Crippen LogP contribution in [0.1, 0.15) is 33.1 Å². The van der Waals surface area contributed by atoms with Crippen LogP contribution in [0.25, 0.3) is 0 Å². The number of aromatic nitrogens is 2. The van der Waals surface area contributed by atoms with Gasteiger partial charge in [0.05, 0.1) is 0 Å². The average molecular weight is 311 g/mol. The first-order valence-electron chi connectivity index (χ1n) is 6.12. The van der Waals surface area contributed by atoms with Crippen LogP contribution in [-0.2, 0) is 11.3 Å². The van der Waals surface area contributed by atoms with E-state index in [2.05, 4.69) is 10.4 Å². The van der Waals surface area contributed by atoms with Gasteiger partial charge in [0.1, 0.15) is 0 Å². The van der Waals surface area contributed by atoms with Gasteiger partial charge in [0, 0.05) is 37.4 Å². The zero-order valence-corrected chi connectivity index (χ0v) is 13.1. The van der Waals surface area contributed by atoms with E-state index in [-0.39, 0.29) is 36.3 Å². The molecule has 1 aromatic heterocycles. The minimum atomic E-state index is -0.276. The van der Waals surface area contributed by atoms with Crippen molar-refractivity contribution >= 4 is 30.7 Å². The van der Waals surface area contributed by atoms with E-state index in [1.54, 1.807) is 10.9 Å². The monoisotopic (exact) mass is 310 g/mol. The summed E-state index contributed by atoms with van der Waals surface area (Å²) in [6, 6.07) is 1.84. The summed E-state index contributed by atoms with van der Waals surface area (Å²) in [7, 11) is 0. The summed E-state index contributed by atoms with van der Waals surface area (Å²) >= 11 is 0. The number of nitrogens with one attached hydrogen (secondary N) is 1. The molecule has 19 heavy (non-hydrogen) atoms. The summed E-state index contributed by atoms with van der Waals surface area (Å²) in [5, 5.41) is 6.92. The largest absolute Gasteiger partial charge is 0.354 e. The molecule has 0 spiro atoms. The van der Waals surface area contributed by atoms with Gasteiger partial charge < -0.3 is 11.1 Å². The smallest absolute Gasteiger partial charge is 0.221 e. The number of aryl methyl sites for hydroxylation is 1. The van der Waals surface area contributed by atoms with Crippen molar-refractivity contribution in [2.24, 2.45) is 5.73 Å². The lowest BCUT2D eigenvalue weighted by Gasteiger charge is -2.26. The van der Waals surface area contributed by atoms with E-state index >= 15 is 0 Å². The number of amides is 1. The Morgan fingerprint density at radius 3 is 2.47 bits per heavy atom. The predicted octanol–water partition coefficient (Wildman–Crippen LogP) is 1.75. The number of hydrogen-bond donors (Lipinski definition) is 2. The maximum absolute atomic E-state index is 11.6. The maximum atomic E-state index is 11.6. The summed E-state index contributed by atoms with van der Waals surface area (Å²) < 4.78 is 1.74. The first kappa shape index (κ1) is 20.5. The normalized spacial score (nSPS) is 10.3. The zero-order chi connectivity index (χ0) is 12.7. The van der Waals surface area contributed by atoms with Crippen molar-refractivity contribution in [3.05, 3.63) is 18.5 Å². The molecule has 0 saturated carbocycles. The van der Waals surface area contributed by atoms with Crippen LogP contribution >= 0.6 is 24.8 Å². The van der Waals surface area contributed by atoms with Crippen LogP contribution < -0.4 is 11.1 Å². The zero-order valence-electron chi connectivity index (χ0n) is 11.5. The molecule has 1 aromatic rings. The van der Waals surface area contributed by atoms with Crippen molar-refractivity contribution < 1.29 is 4.79 Å². The van der Waals surface area contributed by atoms with E-state index in [0.717, 1.165) is 12.8 Å². The van der Waals surface area contributed by atoms with Gasteiger partial charge in [0.15, 0.2) is 0 Å². The van der Waals surface area contributed by atoms with Gasteiger partial charge in [0.2, 0.25) is 5.91 Å². The molecular weight excluding hydrogens is 287 g/mol. The molecule has 1 amide bonds. The van der Waals surface area contributed by atoms with Crippen molar-refractivity contribution in [1.82, 2.24) is 15.1 Å². The Kier molecular flexibility index (Phi) is 10.9. The first-order valence-corrected chi connectivity index (χ1v) is 6.12. The Balaban J connectivity index is 0. The molecule has 0 aliphatic carbocycles. The lowest BCUT2D eigenvalue weighted by molar-refractivity contribution is -0.121. The molecule has 0 aliphatic heterocycles. The first-order chi connectivity index (χ1) is 8.09. The molecule has 5 nitrogen and oxygen atoms in total. The standard InChI is InChI=1S/C12H22N4O.2ClH/c1-3-12(13,4-2)10-14-11(17)6-9-16-8-5-7-15-16;;/h5,7-8H,3-4,6,9-10,13H2,1-2H3,(H,14,17);2*1H. The van der Waals surface area contributed by atoms with Crippen molar-refractivity contribution in [3.63, 3.8) is 0 Å². The fraction of sp³-hybridized carbons (Fsp3) is 0.667. The SMILES string of the molecule is CCC(N)(CC)CNC(=O)CCn1cccn1.Cl.Cl. The van der Waals surface area contributed by atoms with Gasteiger partial charge in [-0.25, -0.2) is 0 Å². The Morgan fingerprint density at radius 1 is 1.37 bits per heavy atom. The molecule has 0 aromatic carbocycles. The molecule has 0 aliphatic rings. The second-order valence-corrected chi connectivity index (χ2v) is 4.37. The lowest BCUT2D eigenvalue weighted by atomic mass is 9.94. The van der Waals surface area contributed by atoms with Crippen LogP contribution in [0.2, 0.25) is 0 Å². The van der Waals surface area contributed by atoms with E-state index < -0.39 is 0 Å². The lowest BCUT2D eigenvalue weighted by Crippen LogP contribution is -2.49. The number of carbonyl (C=O) groups is 1. The van der Waals surface area contributed by atoms with E-state index in [4.69, 9.17) is 5.73 Å². The fourth-order valence-electron chi connectivity index (χ4n) is 1.51. The summed E-state index contributed by atoms with van der Waals surface area (Å²) in [5.41, 5.74) is 5.83.